The summed E-state index contributed by atoms with van der Waals surface area (Å²) in [6.07, 6.45) is 0.973. The lowest BCUT2D eigenvalue weighted by molar-refractivity contribution is -0.128. The third-order valence-corrected chi connectivity index (χ3v) is 3.10. The van der Waals surface area contributed by atoms with Gasteiger partial charge >= 0.3 is 0 Å². The second-order valence-electron chi connectivity index (χ2n) is 4.26. The molecule has 0 aliphatic heterocycles. The Morgan fingerprint density at radius 2 is 2.00 bits per heavy atom. The van der Waals surface area contributed by atoms with Crippen LogP contribution in [0.4, 0.5) is 0 Å². The van der Waals surface area contributed by atoms with E-state index < -0.39 is 0 Å². The second kappa shape index (κ2) is 8.11. The number of rotatable bonds is 7. The molecule has 1 N–H and O–H groups in total. The van der Waals surface area contributed by atoms with Crippen molar-refractivity contribution >= 4 is 17.5 Å². The first kappa shape index (κ1) is 15.0. The zero-order chi connectivity index (χ0) is 13.4. The zero-order valence-electron chi connectivity index (χ0n) is 11.1. The number of halogens is 1. The van der Waals surface area contributed by atoms with Crippen LogP contribution in [0.1, 0.15) is 25.8 Å². The Labute approximate surface area is 114 Å². The summed E-state index contributed by atoms with van der Waals surface area (Å²) in [5.41, 5.74) is 1.22. The standard InChI is InChI=1S/C14H21ClN2O/c1-3-17(12(2)18)10-4-9-16-11-13-5-7-14(15)8-6-13/h5-8,16H,3-4,9-11H2,1-2H3. The van der Waals surface area contributed by atoms with E-state index in [4.69, 9.17) is 11.6 Å². The molecule has 0 spiro atoms. The van der Waals surface area contributed by atoms with Crippen LogP contribution in [-0.2, 0) is 11.3 Å². The number of benzene rings is 1. The first-order chi connectivity index (χ1) is 8.63. The van der Waals surface area contributed by atoms with E-state index in [9.17, 15) is 4.79 Å². The van der Waals surface area contributed by atoms with E-state index in [2.05, 4.69) is 5.32 Å². The number of hydrogen-bond acceptors (Lipinski definition) is 2. The summed E-state index contributed by atoms with van der Waals surface area (Å²) in [5.74, 6) is 0.148. The summed E-state index contributed by atoms with van der Waals surface area (Å²) < 4.78 is 0. The van der Waals surface area contributed by atoms with Gasteiger partial charge in [0.2, 0.25) is 5.91 Å². The van der Waals surface area contributed by atoms with Crippen LogP contribution in [0.15, 0.2) is 24.3 Å². The SMILES string of the molecule is CCN(CCCNCc1ccc(Cl)cc1)C(C)=O. The Hall–Kier alpha value is -1.06. The van der Waals surface area contributed by atoms with Crippen molar-refractivity contribution in [1.29, 1.82) is 0 Å². The molecule has 0 radical (unpaired) electrons. The van der Waals surface area contributed by atoms with Crippen molar-refractivity contribution in [3.8, 4) is 0 Å². The Bertz CT molecular complexity index is 365. The summed E-state index contributed by atoms with van der Waals surface area (Å²) in [4.78, 5) is 13.0. The third-order valence-electron chi connectivity index (χ3n) is 2.85. The van der Waals surface area contributed by atoms with Crippen LogP contribution in [-0.4, -0.2) is 30.4 Å². The van der Waals surface area contributed by atoms with E-state index in [1.165, 1.54) is 5.56 Å². The lowest BCUT2D eigenvalue weighted by Crippen LogP contribution is -2.31. The molecule has 0 aliphatic carbocycles. The van der Waals surface area contributed by atoms with Gasteiger partial charge in [-0.15, -0.1) is 0 Å². The summed E-state index contributed by atoms with van der Waals surface area (Å²) in [5, 5.41) is 4.12. The third kappa shape index (κ3) is 5.52. The zero-order valence-corrected chi connectivity index (χ0v) is 11.8. The molecule has 100 valence electrons. The van der Waals surface area contributed by atoms with Crippen LogP contribution in [0.25, 0.3) is 0 Å². The molecule has 0 fully saturated rings. The van der Waals surface area contributed by atoms with Crippen molar-refractivity contribution in [2.24, 2.45) is 0 Å². The minimum absolute atomic E-state index is 0.148. The van der Waals surface area contributed by atoms with Gasteiger partial charge in [-0.2, -0.15) is 0 Å². The van der Waals surface area contributed by atoms with Gasteiger partial charge < -0.3 is 10.2 Å². The smallest absolute Gasteiger partial charge is 0.219 e. The summed E-state index contributed by atoms with van der Waals surface area (Å²) in [6, 6.07) is 7.83. The Morgan fingerprint density at radius 1 is 1.33 bits per heavy atom. The molecule has 1 amide bonds. The van der Waals surface area contributed by atoms with E-state index in [-0.39, 0.29) is 5.91 Å². The Balaban J connectivity index is 2.15. The van der Waals surface area contributed by atoms with Gasteiger partial charge in [-0.25, -0.2) is 0 Å². The van der Waals surface area contributed by atoms with Crippen molar-refractivity contribution in [2.75, 3.05) is 19.6 Å². The number of hydrogen-bond donors (Lipinski definition) is 1. The van der Waals surface area contributed by atoms with Crippen molar-refractivity contribution in [1.82, 2.24) is 10.2 Å². The summed E-state index contributed by atoms with van der Waals surface area (Å²) >= 11 is 5.82. The van der Waals surface area contributed by atoms with Crippen molar-refractivity contribution in [3.63, 3.8) is 0 Å². The fourth-order valence-electron chi connectivity index (χ4n) is 1.77. The van der Waals surface area contributed by atoms with Crippen LogP contribution in [0, 0.1) is 0 Å². The van der Waals surface area contributed by atoms with E-state index in [0.717, 1.165) is 37.6 Å². The topological polar surface area (TPSA) is 32.3 Å². The summed E-state index contributed by atoms with van der Waals surface area (Å²) in [7, 11) is 0. The molecule has 0 aromatic heterocycles. The molecule has 1 aromatic carbocycles. The van der Waals surface area contributed by atoms with Crippen molar-refractivity contribution < 1.29 is 4.79 Å². The van der Waals surface area contributed by atoms with Gasteiger partial charge in [0.15, 0.2) is 0 Å². The molecule has 0 unspecified atom stereocenters. The van der Waals surface area contributed by atoms with Gasteiger partial charge in [0, 0.05) is 31.6 Å². The van der Waals surface area contributed by atoms with Gasteiger partial charge in [0.1, 0.15) is 0 Å². The number of amides is 1. The van der Waals surface area contributed by atoms with Crippen LogP contribution >= 0.6 is 11.6 Å². The molecule has 18 heavy (non-hydrogen) atoms. The largest absolute Gasteiger partial charge is 0.343 e. The average molecular weight is 269 g/mol. The first-order valence-corrected chi connectivity index (χ1v) is 6.72. The minimum atomic E-state index is 0.148. The molecular weight excluding hydrogens is 248 g/mol. The van der Waals surface area contributed by atoms with Crippen molar-refractivity contribution in [3.05, 3.63) is 34.9 Å². The van der Waals surface area contributed by atoms with Gasteiger partial charge in [0.05, 0.1) is 0 Å². The number of carbonyl (C=O) groups is 1. The van der Waals surface area contributed by atoms with E-state index >= 15 is 0 Å². The molecule has 1 aromatic rings. The Morgan fingerprint density at radius 3 is 2.56 bits per heavy atom. The molecule has 4 heteroatoms. The van der Waals surface area contributed by atoms with Gasteiger partial charge in [0.25, 0.3) is 0 Å². The lowest BCUT2D eigenvalue weighted by atomic mass is 10.2. The fraction of sp³-hybridized carbons (Fsp3) is 0.500. The molecule has 0 heterocycles. The molecule has 0 bridgehead atoms. The highest BCUT2D eigenvalue weighted by molar-refractivity contribution is 6.30. The van der Waals surface area contributed by atoms with Gasteiger partial charge in [-0.3, -0.25) is 4.79 Å². The molecule has 0 saturated carbocycles. The predicted octanol–water partition coefficient (Wildman–Crippen LogP) is 2.69. The van der Waals surface area contributed by atoms with E-state index in [0.29, 0.717) is 0 Å². The molecular formula is C14H21ClN2O. The average Bonchev–Trinajstić information content (AvgIpc) is 2.35. The lowest BCUT2D eigenvalue weighted by Gasteiger charge is -2.18. The normalized spacial score (nSPS) is 10.4. The highest BCUT2D eigenvalue weighted by atomic mass is 35.5. The van der Waals surface area contributed by atoms with Gasteiger partial charge in [-0.1, -0.05) is 23.7 Å². The number of nitrogens with zero attached hydrogens (tertiary/aromatic N) is 1. The number of carbonyl (C=O) groups excluding carboxylic acids is 1. The second-order valence-corrected chi connectivity index (χ2v) is 4.69. The minimum Gasteiger partial charge on any atom is -0.343 e. The van der Waals surface area contributed by atoms with Crippen LogP contribution in [0.5, 0.6) is 0 Å². The predicted molar refractivity (Wildman–Crippen MR) is 75.7 cm³/mol. The van der Waals surface area contributed by atoms with E-state index in [1.807, 2.05) is 36.1 Å². The first-order valence-electron chi connectivity index (χ1n) is 6.34. The Kier molecular flexibility index (Phi) is 6.76. The van der Waals surface area contributed by atoms with Gasteiger partial charge in [-0.05, 0) is 37.6 Å². The fourth-order valence-corrected chi connectivity index (χ4v) is 1.89. The molecule has 0 saturated heterocycles. The number of nitrogens with one attached hydrogen (secondary N) is 1. The van der Waals surface area contributed by atoms with E-state index in [1.54, 1.807) is 6.92 Å². The van der Waals surface area contributed by atoms with Crippen molar-refractivity contribution in [2.45, 2.75) is 26.8 Å². The van der Waals surface area contributed by atoms with Crippen LogP contribution in [0.2, 0.25) is 5.02 Å². The monoisotopic (exact) mass is 268 g/mol. The maximum atomic E-state index is 11.2. The molecule has 0 atom stereocenters. The summed E-state index contributed by atoms with van der Waals surface area (Å²) in [6.45, 7) is 6.97. The molecule has 1 rings (SSSR count). The highest BCUT2D eigenvalue weighted by Crippen LogP contribution is 2.08. The van der Waals surface area contributed by atoms with Crippen LogP contribution < -0.4 is 5.32 Å². The molecule has 0 aliphatic rings. The highest BCUT2D eigenvalue weighted by Gasteiger charge is 2.04. The maximum Gasteiger partial charge on any atom is 0.219 e. The molecule has 3 nitrogen and oxygen atoms in total. The van der Waals surface area contributed by atoms with Crippen LogP contribution in [0.3, 0.4) is 0 Å². The quantitative estimate of drug-likeness (QED) is 0.771. The maximum absolute atomic E-state index is 11.2.